The van der Waals surface area contributed by atoms with E-state index in [9.17, 15) is 4.79 Å². The van der Waals surface area contributed by atoms with Crippen LogP contribution < -0.4 is 5.32 Å². The van der Waals surface area contributed by atoms with Crippen molar-refractivity contribution in [3.63, 3.8) is 0 Å². The summed E-state index contributed by atoms with van der Waals surface area (Å²) in [5.74, 6) is 0.0874. The summed E-state index contributed by atoms with van der Waals surface area (Å²) >= 11 is 0. The third-order valence-corrected chi connectivity index (χ3v) is 6.15. The average molecular weight is 277 g/mol. The second kappa shape index (κ2) is 6.74. The van der Waals surface area contributed by atoms with Crippen LogP contribution in [0.3, 0.4) is 0 Å². The molecule has 1 unspecified atom stereocenters. The van der Waals surface area contributed by atoms with Gasteiger partial charge in [-0.2, -0.15) is 0 Å². The first-order valence-electron chi connectivity index (χ1n) is 6.05. The van der Waals surface area contributed by atoms with Gasteiger partial charge < -0.3 is 23.3 Å². The summed E-state index contributed by atoms with van der Waals surface area (Å²) in [4.78, 5) is 11.3. The molecule has 0 bridgehead atoms. The summed E-state index contributed by atoms with van der Waals surface area (Å²) in [6.07, 6.45) is 0.871. The van der Waals surface area contributed by atoms with E-state index in [0.717, 1.165) is 19.0 Å². The van der Waals surface area contributed by atoms with Crippen LogP contribution in [-0.4, -0.2) is 61.2 Å². The molecule has 1 fully saturated rings. The van der Waals surface area contributed by atoms with Crippen molar-refractivity contribution in [2.75, 3.05) is 41.0 Å². The molecule has 0 amide bonds. The van der Waals surface area contributed by atoms with Gasteiger partial charge in [0.15, 0.2) is 11.4 Å². The number of hydrogen-bond acceptors (Lipinski definition) is 6. The average Bonchev–Trinajstić information content (AvgIpc) is 3.16. The Morgan fingerprint density at radius 1 is 1.33 bits per heavy atom. The number of rotatable bonds is 10. The van der Waals surface area contributed by atoms with Crippen LogP contribution >= 0.6 is 0 Å². The zero-order valence-corrected chi connectivity index (χ0v) is 12.6. The van der Waals surface area contributed by atoms with Crippen molar-refractivity contribution in [2.45, 2.75) is 25.0 Å². The van der Waals surface area contributed by atoms with E-state index in [1.54, 1.807) is 28.3 Å². The van der Waals surface area contributed by atoms with Gasteiger partial charge in [0.1, 0.15) is 0 Å². The van der Waals surface area contributed by atoms with Gasteiger partial charge in [-0.1, -0.05) is 0 Å². The largest absolute Gasteiger partial charge is 0.500 e. The Balaban J connectivity index is 2.17. The molecule has 0 aliphatic carbocycles. The zero-order chi connectivity index (χ0) is 13.6. The lowest BCUT2D eigenvalue weighted by molar-refractivity contribution is -0.121. The van der Waals surface area contributed by atoms with Crippen molar-refractivity contribution in [1.29, 1.82) is 0 Å². The highest BCUT2D eigenvalue weighted by atomic mass is 28.4. The summed E-state index contributed by atoms with van der Waals surface area (Å²) in [7, 11) is 2.36. The molecule has 0 saturated carbocycles. The van der Waals surface area contributed by atoms with E-state index in [-0.39, 0.29) is 5.78 Å². The molecule has 1 aliphatic heterocycles. The highest BCUT2D eigenvalue weighted by Gasteiger charge is 2.49. The van der Waals surface area contributed by atoms with Gasteiger partial charge in [-0.25, -0.2) is 0 Å². The van der Waals surface area contributed by atoms with Crippen LogP contribution in [0.15, 0.2) is 0 Å². The summed E-state index contributed by atoms with van der Waals surface area (Å²) < 4.78 is 21.2. The van der Waals surface area contributed by atoms with Gasteiger partial charge in [0.2, 0.25) is 0 Å². The number of ketones is 1. The molecule has 1 heterocycles. The molecule has 1 rings (SSSR count). The van der Waals surface area contributed by atoms with E-state index >= 15 is 0 Å². The Kier molecular flexibility index (Phi) is 5.89. The number of nitrogens with one attached hydrogen (secondary N) is 1. The van der Waals surface area contributed by atoms with Crippen LogP contribution in [0.5, 0.6) is 0 Å². The molecule has 1 saturated heterocycles. The van der Waals surface area contributed by atoms with Gasteiger partial charge in [0.25, 0.3) is 0 Å². The molecule has 1 aliphatic rings. The monoisotopic (exact) mass is 277 g/mol. The lowest BCUT2D eigenvalue weighted by Crippen LogP contribution is -2.43. The Morgan fingerprint density at radius 3 is 2.28 bits per heavy atom. The SMILES string of the molecule is CO[Si](CCCNCC1(C(C)=O)CO1)(OC)OC. The van der Waals surface area contributed by atoms with Crippen molar-refractivity contribution in [3.8, 4) is 0 Å². The van der Waals surface area contributed by atoms with Crippen LogP contribution in [-0.2, 0) is 22.8 Å². The minimum atomic E-state index is -2.46. The molecule has 6 nitrogen and oxygen atoms in total. The summed E-state index contributed by atoms with van der Waals surface area (Å²) in [6, 6.07) is 0.747. The van der Waals surface area contributed by atoms with E-state index < -0.39 is 14.4 Å². The molecule has 7 heteroatoms. The summed E-state index contributed by atoms with van der Waals surface area (Å²) in [5, 5.41) is 3.22. The quantitative estimate of drug-likeness (QED) is 0.349. The zero-order valence-electron chi connectivity index (χ0n) is 11.6. The van der Waals surface area contributed by atoms with Crippen molar-refractivity contribution < 1.29 is 22.8 Å². The number of carbonyl (C=O) groups excluding carboxylic acids is 1. The first-order valence-corrected chi connectivity index (χ1v) is 7.98. The number of carbonyl (C=O) groups is 1. The van der Waals surface area contributed by atoms with Gasteiger partial charge in [0.05, 0.1) is 6.61 Å². The molecule has 0 radical (unpaired) electrons. The maximum Gasteiger partial charge on any atom is 0.500 e. The summed E-state index contributed by atoms with van der Waals surface area (Å²) in [6.45, 7) is 3.45. The van der Waals surface area contributed by atoms with E-state index in [1.807, 2.05) is 0 Å². The van der Waals surface area contributed by atoms with Crippen LogP contribution in [0.2, 0.25) is 6.04 Å². The molecular weight excluding hydrogens is 254 g/mol. The molecule has 106 valence electrons. The maximum atomic E-state index is 11.3. The van der Waals surface area contributed by atoms with Crippen LogP contribution in [0.4, 0.5) is 0 Å². The fourth-order valence-electron chi connectivity index (χ4n) is 1.79. The second-order valence-electron chi connectivity index (χ2n) is 4.41. The normalized spacial score (nSPS) is 23.1. The molecule has 0 aromatic carbocycles. The van der Waals surface area contributed by atoms with Gasteiger partial charge in [-0.05, 0) is 19.9 Å². The van der Waals surface area contributed by atoms with Gasteiger partial charge >= 0.3 is 8.80 Å². The van der Waals surface area contributed by atoms with Gasteiger partial charge in [0, 0.05) is 33.9 Å². The Morgan fingerprint density at radius 2 is 1.89 bits per heavy atom. The minimum absolute atomic E-state index is 0.0874. The van der Waals surface area contributed by atoms with Gasteiger partial charge in [-0.3, -0.25) is 4.79 Å². The van der Waals surface area contributed by atoms with Gasteiger partial charge in [-0.15, -0.1) is 0 Å². The van der Waals surface area contributed by atoms with E-state index in [1.165, 1.54) is 0 Å². The minimum Gasteiger partial charge on any atom is -0.377 e. The Labute approximate surface area is 109 Å². The van der Waals surface area contributed by atoms with Crippen LogP contribution in [0, 0.1) is 0 Å². The van der Waals surface area contributed by atoms with E-state index in [0.29, 0.717) is 13.2 Å². The number of epoxide rings is 1. The predicted molar refractivity (Wildman–Crippen MR) is 68.4 cm³/mol. The van der Waals surface area contributed by atoms with E-state index in [4.69, 9.17) is 18.0 Å². The molecule has 1 N–H and O–H groups in total. The highest BCUT2D eigenvalue weighted by Crippen LogP contribution is 2.26. The lowest BCUT2D eigenvalue weighted by Gasteiger charge is -2.24. The molecule has 0 aromatic rings. The third kappa shape index (κ3) is 3.84. The molecule has 1 atom stereocenters. The van der Waals surface area contributed by atoms with E-state index in [2.05, 4.69) is 5.32 Å². The standard InChI is InChI=1S/C11H23NO5Si/c1-10(13)11(9-17-11)8-12-6-5-7-18(14-2,15-3)16-4/h12H,5-9H2,1-4H3. The van der Waals surface area contributed by atoms with Crippen LogP contribution in [0.25, 0.3) is 0 Å². The Bertz CT molecular complexity index is 270. The van der Waals surface area contributed by atoms with Crippen LogP contribution in [0.1, 0.15) is 13.3 Å². The second-order valence-corrected chi connectivity index (χ2v) is 7.51. The first kappa shape index (κ1) is 15.7. The van der Waals surface area contributed by atoms with Crippen molar-refractivity contribution in [3.05, 3.63) is 0 Å². The maximum absolute atomic E-state index is 11.3. The topological polar surface area (TPSA) is 69.3 Å². The Hall–Kier alpha value is -0.313. The predicted octanol–water partition coefficient (Wildman–Crippen LogP) is 0.202. The number of hydrogen-bond donors (Lipinski definition) is 1. The molecule has 18 heavy (non-hydrogen) atoms. The van der Waals surface area contributed by atoms with Crippen molar-refractivity contribution >= 4 is 14.6 Å². The molecule has 0 spiro atoms. The fourth-order valence-corrected chi connectivity index (χ4v) is 3.52. The van der Waals surface area contributed by atoms with Crippen molar-refractivity contribution in [2.24, 2.45) is 0 Å². The van der Waals surface area contributed by atoms with Crippen molar-refractivity contribution in [1.82, 2.24) is 5.32 Å². The lowest BCUT2D eigenvalue weighted by atomic mass is 10.1. The molecule has 0 aromatic heterocycles. The third-order valence-electron chi connectivity index (χ3n) is 3.31. The molecular formula is C11H23NO5Si. The first-order chi connectivity index (χ1) is 8.54. The highest BCUT2D eigenvalue weighted by molar-refractivity contribution is 6.60. The number of Topliss-reactive ketones (excluding diaryl/α,β-unsaturated/α-hetero) is 1. The summed E-state index contributed by atoms with van der Waals surface area (Å²) in [5.41, 5.74) is -0.557. The fraction of sp³-hybridized carbons (Fsp3) is 0.909. The number of ether oxygens (including phenoxy) is 1. The smallest absolute Gasteiger partial charge is 0.377 e.